The number of sulfone groups is 1. The molecule has 3 aromatic rings. The summed E-state index contributed by atoms with van der Waals surface area (Å²) in [7, 11) is -1.94. The Hall–Kier alpha value is -3.78. The summed E-state index contributed by atoms with van der Waals surface area (Å²) in [5, 5.41) is 0. The van der Waals surface area contributed by atoms with Crippen LogP contribution in [0, 0.1) is 6.92 Å². The first kappa shape index (κ1) is 26.8. The monoisotopic (exact) mass is 545 g/mol. The molecule has 0 saturated carbocycles. The van der Waals surface area contributed by atoms with Crippen LogP contribution in [0.1, 0.15) is 51.9 Å². The fourth-order valence-corrected chi connectivity index (χ4v) is 6.74. The Kier molecular flexibility index (Phi) is 7.93. The molecule has 0 spiro atoms. The minimum atomic E-state index is -3.61. The minimum Gasteiger partial charge on any atom is -0.496 e. The van der Waals surface area contributed by atoms with E-state index >= 15 is 0 Å². The highest BCUT2D eigenvalue weighted by Gasteiger charge is 2.27. The molecule has 1 aliphatic carbocycles. The lowest BCUT2D eigenvalue weighted by atomic mass is 9.87. The summed E-state index contributed by atoms with van der Waals surface area (Å²) in [6.45, 7) is 3.12. The Bertz CT molecular complexity index is 1540. The zero-order valence-electron chi connectivity index (χ0n) is 22.3. The van der Waals surface area contributed by atoms with Crippen LogP contribution in [0.5, 0.6) is 11.5 Å². The van der Waals surface area contributed by atoms with Crippen LogP contribution in [0.4, 0.5) is 0 Å². The smallest absolute Gasteiger partial charge is 0.282 e. The lowest BCUT2D eigenvalue weighted by Crippen LogP contribution is -2.26. The summed E-state index contributed by atoms with van der Waals surface area (Å²) >= 11 is 0. The number of ketones is 1. The first-order valence-electron chi connectivity index (χ1n) is 13.2. The van der Waals surface area contributed by atoms with E-state index in [0.29, 0.717) is 55.7 Å². The van der Waals surface area contributed by atoms with E-state index < -0.39 is 9.84 Å². The number of hydrogen-bond donors (Lipinski definition) is 0. The van der Waals surface area contributed by atoms with Gasteiger partial charge in [0.05, 0.1) is 24.4 Å². The largest absolute Gasteiger partial charge is 0.496 e. The van der Waals surface area contributed by atoms with Crippen LogP contribution in [-0.4, -0.2) is 51.1 Å². The second kappa shape index (κ2) is 11.5. The van der Waals surface area contributed by atoms with E-state index in [1.165, 1.54) is 0 Å². The molecular weight excluding hydrogens is 512 g/mol. The van der Waals surface area contributed by atoms with E-state index in [0.717, 1.165) is 22.4 Å². The number of Topliss-reactive ketones (excluding diaryl/α,β-unsaturated/α-hetero) is 1. The first-order chi connectivity index (χ1) is 18.9. The molecule has 1 atom stereocenters. The maximum atomic E-state index is 13.3. The molecule has 0 fully saturated rings. The Morgan fingerprint density at radius 3 is 2.59 bits per heavy atom. The fourth-order valence-electron chi connectivity index (χ4n) is 5.31. The van der Waals surface area contributed by atoms with Crippen LogP contribution < -0.4 is 9.47 Å². The van der Waals surface area contributed by atoms with Crippen molar-refractivity contribution in [2.45, 2.75) is 55.8 Å². The molecule has 0 radical (unpaired) electrons. The maximum Gasteiger partial charge on any atom is 0.282 e. The van der Waals surface area contributed by atoms with Gasteiger partial charge in [0.2, 0.25) is 0 Å². The van der Waals surface area contributed by atoms with Gasteiger partial charge in [0, 0.05) is 24.0 Å². The Morgan fingerprint density at radius 1 is 1.03 bits per heavy atom. The van der Waals surface area contributed by atoms with Gasteiger partial charge in [0.15, 0.2) is 27.9 Å². The lowest BCUT2D eigenvalue weighted by Gasteiger charge is -2.22. The molecule has 0 aromatic heterocycles. The van der Waals surface area contributed by atoms with Gasteiger partial charge in [-0.1, -0.05) is 29.3 Å². The van der Waals surface area contributed by atoms with Gasteiger partial charge in [-0.25, -0.2) is 8.42 Å². The number of benzene rings is 3. The van der Waals surface area contributed by atoms with Crippen molar-refractivity contribution in [2.24, 2.45) is 4.99 Å². The maximum absolute atomic E-state index is 13.3. The highest BCUT2D eigenvalue weighted by atomic mass is 32.2. The SMILES string of the molecule is COc1ccc(C[N+]2=CN=CC2CCOc2ccc3c(c2CS(=O)(=O)c2ccccc2)CCCC3=O)cc1C. The number of nitrogens with zero attached hydrogens (tertiary/aromatic N) is 2. The molecule has 39 heavy (non-hydrogen) atoms. The van der Waals surface area contributed by atoms with Gasteiger partial charge in [-0.2, -0.15) is 0 Å². The number of aryl methyl sites for hydroxylation is 1. The molecule has 7 nitrogen and oxygen atoms in total. The number of ether oxygens (including phenoxy) is 2. The fraction of sp³-hybridized carbons (Fsp3) is 0.323. The zero-order chi connectivity index (χ0) is 27.4. The van der Waals surface area contributed by atoms with Gasteiger partial charge in [-0.3, -0.25) is 9.37 Å². The highest BCUT2D eigenvalue weighted by molar-refractivity contribution is 7.90. The number of rotatable bonds is 10. The summed E-state index contributed by atoms with van der Waals surface area (Å²) in [4.78, 5) is 17.2. The molecule has 1 heterocycles. The van der Waals surface area contributed by atoms with Gasteiger partial charge in [-0.05, 0) is 72.9 Å². The lowest BCUT2D eigenvalue weighted by molar-refractivity contribution is -0.557. The van der Waals surface area contributed by atoms with Crippen LogP contribution >= 0.6 is 0 Å². The Morgan fingerprint density at radius 2 is 1.82 bits per heavy atom. The molecule has 8 heteroatoms. The van der Waals surface area contributed by atoms with Crippen molar-refractivity contribution in [1.29, 1.82) is 0 Å². The quantitative estimate of drug-likeness (QED) is 0.336. The third-order valence-corrected chi connectivity index (χ3v) is 9.01. The Labute approximate surface area is 229 Å². The number of aliphatic imine (C=N–C) groups is 1. The van der Waals surface area contributed by atoms with E-state index in [1.807, 2.05) is 25.5 Å². The standard InChI is InChI=1S/C31H33N2O5S/c1-22-17-23(11-13-30(22)37-2)19-33-21-32-18-24(33)15-16-38-31-14-12-27-26(9-6-10-29(27)34)28(31)20-39(35,36)25-7-4-3-5-8-25/h3-5,7-8,11-14,17-18,21,24H,6,9-10,15-16,19-20H2,1-2H3/q+1. The van der Waals surface area contributed by atoms with Crippen molar-refractivity contribution in [2.75, 3.05) is 13.7 Å². The third-order valence-electron chi connectivity index (χ3n) is 7.35. The van der Waals surface area contributed by atoms with E-state index in [2.05, 4.69) is 21.7 Å². The predicted octanol–water partition coefficient (Wildman–Crippen LogP) is 4.96. The second-order valence-electron chi connectivity index (χ2n) is 10.0. The number of carbonyl (C=O) groups is 1. The van der Waals surface area contributed by atoms with Crippen molar-refractivity contribution in [1.82, 2.24) is 0 Å². The van der Waals surface area contributed by atoms with Crippen LogP contribution in [-0.2, 0) is 28.6 Å². The number of hydrogen-bond acceptors (Lipinski definition) is 6. The molecule has 0 saturated heterocycles. The van der Waals surface area contributed by atoms with Gasteiger partial charge in [0.1, 0.15) is 18.0 Å². The van der Waals surface area contributed by atoms with E-state index in [1.54, 1.807) is 49.6 Å². The summed E-state index contributed by atoms with van der Waals surface area (Å²) < 4.78 is 40.4. The van der Waals surface area contributed by atoms with E-state index in [9.17, 15) is 13.2 Å². The summed E-state index contributed by atoms with van der Waals surface area (Å²) in [6, 6.07) is 18.2. The minimum absolute atomic E-state index is 0.0584. The topological polar surface area (TPSA) is 85.0 Å². The van der Waals surface area contributed by atoms with Crippen LogP contribution in [0.3, 0.4) is 0 Å². The van der Waals surface area contributed by atoms with Gasteiger partial charge >= 0.3 is 0 Å². The van der Waals surface area contributed by atoms with Gasteiger partial charge in [-0.15, -0.1) is 0 Å². The average Bonchev–Trinajstić information content (AvgIpc) is 3.37. The normalized spacial score (nSPS) is 16.6. The van der Waals surface area contributed by atoms with E-state index in [-0.39, 0.29) is 22.5 Å². The van der Waals surface area contributed by atoms with Gasteiger partial charge < -0.3 is 9.47 Å². The van der Waals surface area contributed by atoms with Gasteiger partial charge in [0.25, 0.3) is 6.34 Å². The van der Waals surface area contributed by atoms with Crippen molar-refractivity contribution in [3.63, 3.8) is 0 Å². The van der Waals surface area contributed by atoms with Crippen molar-refractivity contribution in [3.05, 3.63) is 88.5 Å². The van der Waals surface area contributed by atoms with Crippen molar-refractivity contribution in [3.8, 4) is 11.5 Å². The number of fused-ring (bicyclic) bond motifs is 1. The molecule has 5 rings (SSSR count). The summed E-state index contributed by atoms with van der Waals surface area (Å²) in [5.41, 5.74) is 4.26. The molecule has 2 aliphatic rings. The second-order valence-corrected chi connectivity index (χ2v) is 12.0. The molecule has 3 aromatic carbocycles. The molecule has 1 unspecified atom stereocenters. The van der Waals surface area contributed by atoms with Crippen molar-refractivity contribution < 1.29 is 27.3 Å². The zero-order valence-corrected chi connectivity index (χ0v) is 23.1. The molecular formula is C31H33N2O5S+. The number of methoxy groups -OCH3 is 1. The first-order valence-corrected chi connectivity index (χ1v) is 14.9. The molecule has 1 aliphatic heterocycles. The van der Waals surface area contributed by atoms with Crippen LogP contribution in [0.25, 0.3) is 0 Å². The van der Waals surface area contributed by atoms with Crippen molar-refractivity contribution >= 4 is 28.2 Å². The van der Waals surface area contributed by atoms with Crippen LogP contribution in [0.15, 0.2) is 70.6 Å². The van der Waals surface area contributed by atoms with Crippen LogP contribution in [0.2, 0.25) is 0 Å². The molecule has 202 valence electrons. The highest BCUT2D eigenvalue weighted by Crippen LogP contribution is 2.34. The Balaban J connectivity index is 1.32. The predicted molar refractivity (Wildman–Crippen MR) is 151 cm³/mol. The average molecular weight is 546 g/mol. The molecule has 0 N–H and O–H groups in total. The number of carbonyl (C=O) groups excluding carboxylic acids is 1. The molecule has 0 amide bonds. The molecule has 0 bridgehead atoms. The third kappa shape index (κ3) is 5.96. The summed E-state index contributed by atoms with van der Waals surface area (Å²) in [6.07, 6.45) is 6.28. The summed E-state index contributed by atoms with van der Waals surface area (Å²) in [5.74, 6) is 1.24. The van der Waals surface area contributed by atoms with E-state index in [4.69, 9.17) is 9.47 Å².